The van der Waals surface area contributed by atoms with E-state index in [1.165, 1.54) is 0 Å². The Bertz CT molecular complexity index is 341. The number of hydrogen-bond donors (Lipinski definition) is 2. The van der Waals surface area contributed by atoms with Crippen LogP contribution >= 0.6 is 0 Å². The fourth-order valence-electron chi connectivity index (χ4n) is 2.68. The van der Waals surface area contributed by atoms with E-state index >= 15 is 0 Å². The number of morpholine rings is 1. The van der Waals surface area contributed by atoms with Crippen molar-refractivity contribution >= 4 is 11.9 Å². The zero-order valence-corrected chi connectivity index (χ0v) is 13.3. The molecule has 1 amide bonds. The topological polar surface area (TPSA) is 78.9 Å². The molecule has 6 heteroatoms. The summed E-state index contributed by atoms with van der Waals surface area (Å²) in [7, 11) is 0. The van der Waals surface area contributed by atoms with Gasteiger partial charge in [-0.2, -0.15) is 0 Å². The highest BCUT2D eigenvalue weighted by Gasteiger charge is 2.24. The van der Waals surface area contributed by atoms with E-state index in [9.17, 15) is 9.59 Å². The van der Waals surface area contributed by atoms with Gasteiger partial charge in [-0.15, -0.1) is 0 Å². The number of carbonyl (C=O) groups excluding carboxylic acids is 1. The third-order valence-corrected chi connectivity index (χ3v) is 3.81. The van der Waals surface area contributed by atoms with Crippen LogP contribution < -0.4 is 5.32 Å². The number of ether oxygens (including phenoxy) is 1. The molecule has 2 atom stereocenters. The highest BCUT2D eigenvalue weighted by Crippen LogP contribution is 2.15. The van der Waals surface area contributed by atoms with Crippen LogP contribution in [0.5, 0.6) is 0 Å². The van der Waals surface area contributed by atoms with Gasteiger partial charge in [0.05, 0.1) is 19.3 Å². The average molecular weight is 300 g/mol. The number of nitrogens with zero attached hydrogens (tertiary/aromatic N) is 1. The number of nitrogens with one attached hydrogen (secondary N) is 1. The third-order valence-electron chi connectivity index (χ3n) is 3.81. The summed E-state index contributed by atoms with van der Waals surface area (Å²) in [5.74, 6) is -0.432. The number of hydrogen-bond acceptors (Lipinski definition) is 4. The summed E-state index contributed by atoms with van der Waals surface area (Å²) in [4.78, 5) is 25.2. The summed E-state index contributed by atoms with van der Waals surface area (Å²) in [5.41, 5.74) is 0. The van der Waals surface area contributed by atoms with Gasteiger partial charge in [0, 0.05) is 26.1 Å². The van der Waals surface area contributed by atoms with Gasteiger partial charge in [0.2, 0.25) is 5.91 Å². The molecule has 1 rings (SSSR count). The zero-order valence-electron chi connectivity index (χ0n) is 13.3. The quantitative estimate of drug-likeness (QED) is 0.698. The molecule has 1 fully saturated rings. The van der Waals surface area contributed by atoms with Gasteiger partial charge in [-0.05, 0) is 25.2 Å². The maximum atomic E-state index is 12.2. The number of carbonyl (C=O) groups is 2. The average Bonchev–Trinajstić information content (AvgIpc) is 2.43. The standard InChI is InChI=1S/C15H28N2O4/c1-11(2)8-13(9-14(18)19)10-16-15(20)12(3)17-4-6-21-7-5-17/h11-13H,4-10H2,1-3H3,(H,16,20)(H,18,19)/t12-,13-/m0/s1. The smallest absolute Gasteiger partial charge is 0.303 e. The molecule has 1 aliphatic heterocycles. The van der Waals surface area contributed by atoms with Crippen molar-refractivity contribution in [2.75, 3.05) is 32.8 Å². The minimum absolute atomic E-state index is 0.0108. The summed E-state index contributed by atoms with van der Waals surface area (Å²) >= 11 is 0. The Balaban J connectivity index is 2.41. The van der Waals surface area contributed by atoms with Gasteiger partial charge >= 0.3 is 5.97 Å². The largest absolute Gasteiger partial charge is 0.481 e. The van der Waals surface area contributed by atoms with E-state index in [0.29, 0.717) is 25.7 Å². The number of carboxylic acid groups (broad SMARTS) is 1. The maximum absolute atomic E-state index is 12.2. The lowest BCUT2D eigenvalue weighted by molar-refractivity contribution is -0.138. The number of carboxylic acids is 1. The predicted molar refractivity (Wildman–Crippen MR) is 80.1 cm³/mol. The van der Waals surface area contributed by atoms with Crippen LogP contribution in [0.25, 0.3) is 0 Å². The fraction of sp³-hybridized carbons (Fsp3) is 0.867. The van der Waals surface area contributed by atoms with Crippen LogP contribution in [0.2, 0.25) is 0 Å². The van der Waals surface area contributed by atoms with Gasteiger partial charge in [-0.3, -0.25) is 14.5 Å². The van der Waals surface area contributed by atoms with Gasteiger partial charge < -0.3 is 15.2 Å². The molecule has 0 saturated carbocycles. The Morgan fingerprint density at radius 3 is 2.38 bits per heavy atom. The van der Waals surface area contributed by atoms with Gasteiger partial charge in [-0.1, -0.05) is 13.8 Å². The predicted octanol–water partition coefficient (Wildman–Crippen LogP) is 0.960. The Hall–Kier alpha value is -1.14. The molecular weight excluding hydrogens is 272 g/mol. The summed E-state index contributed by atoms with van der Waals surface area (Å²) in [6.45, 7) is 9.28. The van der Waals surface area contributed by atoms with Crippen molar-refractivity contribution in [2.24, 2.45) is 11.8 Å². The molecule has 0 aromatic carbocycles. The van der Waals surface area contributed by atoms with Crippen LogP contribution in [-0.4, -0.2) is 60.8 Å². The molecular formula is C15H28N2O4. The second kappa shape index (κ2) is 9.00. The van der Waals surface area contributed by atoms with E-state index in [-0.39, 0.29) is 24.3 Å². The molecule has 0 aliphatic carbocycles. The first kappa shape index (κ1) is 17.9. The summed E-state index contributed by atoms with van der Waals surface area (Å²) in [6, 6.07) is -0.196. The van der Waals surface area contributed by atoms with Gasteiger partial charge in [0.1, 0.15) is 0 Å². The SMILES string of the molecule is CC(C)C[C@H](CNC(=O)[C@H](C)N1CCOCC1)CC(=O)O. The van der Waals surface area contributed by atoms with E-state index < -0.39 is 5.97 Å². The molecule has 122 valence electrons. The van der Waals surface area contributed by atoms with Gasteiger partial charge in [0.15, 0.2) is 0 Å². The van der Waals surface area contributed by atoms with E-state index in [0.717, 1.165) is 19.5 Å². The minimum Gasteiger partial charge on any atom is -0.481 e. The molecule has 21 heavy (non-hydrogen) atoms. The first-order chi connectivity index (χ1) is 9.90. The van der Waals surface area contributed by atoms with Gasteiger partial charge in [-0.25, -0.2) is 0 Å². The second-order valence-corrected chi connectivity index (χ2v) is 6.16. The monoisotopic (exact) mass is 300 g/mol. The van der Waals surface area contributed by atoms with Crippen molar-refractivity contribution in [3.63, 3.8) is 0 Å². The van der Waals surface area contributed by atoms with E-state index in [2.05, 4.69) is 24.1 Å². The highest BCUT2D eigenvalue weighted by atomic mass is 16.5. The number of aliphatic carboxylic acids is 1. The molecule has 2 N–H and O–H groups in total. The van der Waals surface area contributed by atoms with Crippen molar-refractivity contribution < 1.29 is 19.4 Å². The van der Waals surface area contributed by atoms with Gasteiger partial charge in [0.25, 0.3) is 0 Å². The lowest BCUT2D eigenvalue weighted by atomic mass is 9.94. The Morgan fingerprint density at radius 2 is 1.86 bits per heavy atom. The van der Waals surface area contributed by atoms with Crippen molar-refractivity contribution in [1.29, 1.82) is 0 Å². The molecule has 0 spiro atoms. The maximum Gasteiger partial charge on any atom is 0.303 e. The summed E-state index contributed by atoms with van der Waals surface area (Å²) in [5, 5.41) is 11.8. The second-order valence-electron chi connectivity index (χ2n) is 6.16. The van der Waals surface area contributed by atoms with Crippen molar-refractivity contribution in [1.82, 2.24) is 10.2 Å². The molecule has 1 saturated heterocycles. The number of rotatable bonds is 8. The summed E-state index contributed by atoms with van der Waals surface area (Å²) < 4.78 is 5.28. The van der Waals surface area contributed by atoms with E-state index in [4.69, 9.17) is 9.84 Å². The lowest BCUT2D eigenvalue weighted by Gasteiger charge is -2.31. The van der Waals surface area contributed by atoms with E-state index in [1.54, 1.807) is 0 Å². The molecule has 0 radical (unpaired) electrons. The molecule has 0 aromatic heterocycles. The molecule has 0 bridgehead atoms. The van der Waals surface area contributed by atoms with Crippen molar-refractivity contribution in [3.8, 4) is 0 Å². The summed E-state index contributed by atoms with van der Waals surface area (Å²) in [6.07, 6.45) is 0.906. The molecule has 0 aromatic rings. The Labute approximate surface area is 126 Å². The van der Waals surface area contributed by atoms with E-state index in [1.807, 2.05) is 6.92 Å². The highest BCUT2D eigenvalue weighted by molar-refractivity contribution is 5.81. The molecule has 0 unspecified atom stereocenters. The Kier molecular flexibility index (Phi) is 7.67. The van der Waals surface area contributed by atoms with Crippen LogP contribution in [0.15, 0.2) is 0 Å². The Morgan fingerprint density at radius 1 is 1.24 bits per heavy atom. The van der Waals surface area contributed by atoms with Crippen molar-refractivity contribution in [2.45, 2.75) is 39.7 Å². The van der Waals surface area contributed by atoms with Crippen LogP contribution in [0, 0.1) is 11.8 Å². The lowest BCUT2D eigenvalue weighted by Crippen LogP contribution is -2.50. The molecule has 1 heterocycles. The molecule has 1 aliphatic rings. The normalized spacial score (nSPS) is 19.2. The molecule has 6 nitrogen and oxygen atoms in total. The van der Waals surface area contributed by atoms with Crippen LogP contribution in [-0.2, 0) is 14.3 Å². The fourth-order valence-corrected chi connectivity index (χ4v) is 2.68. The minimum atomic E-state index is -0.809. The van der Waals surface area contributed by atoms with Crippen LogP contribution in [0.3, 0.4) is 0 Å². The van der Waals surface area contributed by atoms with Crippen LogP contribution in [0.1, 0.15) is 33.6 Å². The first-order valence-electron chi connectivity index (χ1n) is 7.71. The first-order valence-corrected chi connectivity index (χ1v) is 7.71. The third kappa shape index (κ3) is 6.91. The zero-order chi connectivity index (χ0) is 15.8. The number of amides is 1. The van der Waals surface area contributed by atoms with Crippen molar-refractivity contribution in [3.05, 3.63) is 0 Å². The van der Waals surface area contributed by atoms with Crippen LogP contribution in [0.4, 0.5) is 0 Å².